The van der Waals surface area contributed by atoms with Crippen molar-refractivity contribution in [2.24, 2.45) is 0 Å². The molecule has 4 heteroatoms. The lowest BCUT2D eigenvalue weighted by Crippen LogP contribution is -2.48. The van der Waals surface area contributed by atoms with E-state index in [-0.39, 0.29) is 11.8 Å². The molecule has 2 unspecified atom stereocenters. The van der Waals surface area contributed by atoms with Gasteiger partial charge < -0.3 is 0 Å². The van der Waals surface area contributed by atoms with Crippen molar-refractivity contribution in [3.8, 4) is 0 Å². The molecule has 2 aromatic rings. The molecule has 0 fully saturated rings. The molecule has 3 nitrogen and oxygen atoms in total. The van der Waals surface area contributed by atoms with E-state index in [9.17, 15) is 8.42 Å². The second kappa shape index (κ2) is 7.14. The lowest BCUT2D eigenvalue weighted by molar-refractivity contribution is 0.394. The summed E-state index contributed by atoms with van der Waals surface area (Å²) in [4.78, 5) is 0.441. The van der Waals surface area contributed by atoms with Gasteiger partial charge in [-0.05, 0) is 30.0 Å². The third kappa shape index (κ3) is 3.55. The minimum absolute atomic E-state index is 0.0767. The van der Waals surface area contributed by atoms with Crippen molar-refractivity contribution in [2.45, 2.75) is 43.2 Å². The molecule has 2 aromatic carbocycles. The molecule has 0 saturated heterocycles. The minimum atomic E-state index is -3.38. The van der Waals surface area contributed by atoms with Crippen LogP contribution in [0, 0.1) is 0 Å². The Morgan fingerprint density at radius 1 is 1.08 bits per heavy atom. The summed E-state index contributed by atoms with van der Waals surface area (Å²) in [5.41, 5.74) is 1.33. The van der Waals surface area contributed by atoms with Gasteiger partial charge in [0.2, 0.25) is 0 Å². The molecule has 1 N–H and O–H groups in total. The Labute approximate surface area is 150 Å². The van der Waals surface area contributed by atoms with Crippen LogP contribution in [0.3, 0.4) is 0 Å². The first kappa shape index (κ1) is 17.9. The molecular formula is C21H25NO2S. The van der Waals surface area contributed by atoms with E-state index in [1.165, 1.54) is 0 Å². The number of hydrogen-bond acceptors (Lipinski definition) is 3. The molecule has 0 amide bonds. The third-order valence-electron chi connectivity index (χ3n) is 4.88. The van der Waals surface area contributed by atoms with Crippen LogP contribution in [0.1, 0.15) is 43.9 Å². The predicted octanol–water partition coefficient (Wildman–Crippen LogP) is 4.27. The Kier molecular flexibility index (Phi) is 5.11. The molecule has 2 atom stereocenters. The fourth-order valence-corrected chi connectivity index (χ4v) is 5.54. The van der Waals surface area contributed by atoms with Gasteiger partial charge >= 0.3 is 0 Å². The molecule has 25 heavy (non-hydrogen) atoms. The van der Waals surface area contributed by atoms with Crippen LogP contribution in [-0.2, 0) is 9.84 Å². The van der Waals surface area contributed by atoms with Crippen molar-refractivity contribution in [1.82, 2.24) is 5.32 Å². The molecule has 0 spiro atoms. The third-order valence-corrected chi connectivity index (χ3v) is 6.82. The molecule has 1 aliphatic rings. The lowest BCUT2D eigenvalue weighted by atomic mass is 9.91. The Bertz CT molecular complexity index is 858. The van der Waals surface area contributed by atoms with Gasteiger partial charge in [0.25, 0.3) is 0 Å². The van der Waals surface area contributed by atoms with Gasteiger partial charge in [0.1, 0.15) is 0 Å². The number of fused-ring (bicyclic) bond motifs is 1. The van der Waals surface area contributed by atoms with E-state index in [1.807, 2.05) is 43.3 Å². The fourth-order valence-electron chi connectivity index (χ4n) is 3.50. The number of sulfone groups is 1. The van der Waals surface area contributed by atoms with Crippen LogP contribution in [0.2, 0.25) is 0 Å². The van der Waals surface area contributed by atoms with Crippen LogP contribution in [0.25, 0.3) is 0 Å². The van der Waals surface area contributed by atoms with Crippen LogP contribution < -0.4 is 5.32 Å². The minimum Gasteiger partial charge on any atom is -0.296 e. The maximum atomic E-state index is 13.1. The second-order valence-corrected chi connectivity index (χ2v) is 8.56. The number of nitrogens with one attached hydrogen (secondary N) is 1. The van der Waals surface area contributed by atoms with Gasteiger partial charge in [-0.2, -0.15) is 0 Å². The summed E-state index contributed by atoms with van der Waals surface area (Å²) < 4.78 is 26.3. The molecule has 0 bridgehead atoms. The molecule has 1 aliphatic heterocycles. The fraction of sp³-hybridized carbons (Fsp3) is 0.333. The highest BCUT2D eigenvalue weighted by Gasteiger charge is 2.40. The highest BCUT2D eigenvalue weighted by Crippen LogP contribution is 2.36. The van der Waals surface area contributed by atoms with E-state index in [0.29, 0.717) is 11.3 Å². The van der Waals surface area contributed by atoms with Gasteiger partial charge in [-0.15, -0.1) is 0 Å². The van der Waals surface area contributed by atoms with Gasteiger partial charge in [-0.3, -0.25) is 5.32 Å². The van der Waals surface area contributed by atoms with E-state index in [1.54, 1.807) is 12.1 Å². The van der Waals surface area contributed by atoms with Crippen molar-refractivity contribution in [3.63, 3.8) is 0 Å². The number of rotatable bonds is 4. The zero-order valence-electron chi connectivity index (χ0n) is 14.8. The average Bonchev–Trinajstić information content (AvgIpc) is 2.74. The monoisotopic (exact) mass is 355 g/mol. The summed E-state index contributed by atoms with van der Waals surface area (Å²) in [5, 5.41) is 3.68. The summed E-state index contributed by atoms with van der Waals surface area (Å²) in [6.45, 7) is 4.11. The summed E-state index contributed by atoms with van der Waals surface area (Å²) in [5.74, 6) is 0.0767. The van der Waals surface area contributed by atoms with E-state index in [0.717, 1.165) is 17.5 Å². The first-order valence-corrected chi connectivity index (χ1v) is 10.5. The topological polar surface area (TPSA) is 46.2 Å². The zero-order valence-corrected chi connectivity index (χ0v) is 15.6. The van der Waals surface area contributed by atoms with Gasteiger partial charge in [-0.25, -0.2) is 8.42 Å². The SMILES string of the molecule is CC/C=C/C1(CC)CS(=O)(=O)c2ccccc2C(c2ccccc2)N1. The van der Waals surface area contributed by atoms with Crippen LogP contribution in [-0.4, -0.2) is 19.7 Å². The highest BCUT2D eigenvalue weighted by atomic mass is 32.2. The Morgan fingerprint density at radius 3 is 2.44 bits per heavy atom. The van der Waals surface area contributed by atoms with Gasteiger partial charge in [-0.1, -0.05) is 74.5 Å². The van der Waals surface area contributed by atoms with E-state index >= 15 is 0 Å². The maximum absolute atomic E-state index is 13.1. The smallest absolute Gasteiger partial charge is 0.180 e. The standard InChI is InChI=1S/C21H25NO2S/c1-3-5-15-21(4-2)16-25(23,24)19-14-10-9-13-18(19)20(22-21)17-11-7-6-8-12-17/h5-15,20,22H,3-4,16H2,1-2H3/b15-5+. The lowest BCUT2D eigenvalue weighted by Gasteiger charge is -2.33. The molecule has 0 aliphatic carbocycles. The van der Waals surface area contributed by atoms with Crippen molar-refractivity contribution < 1.29 is 8.42 Å². The van der Waals surface area contributed by atoms with Crippen molar-refractivity contribution in [1.29, 1.82) is 0 Å². The normalized spacial score (nSPS) is 25.4. The molecule has 0 saturated carbocycles. The van der Waals surface area contributed by atoms with Gasteiger partial charge in [0, 0.05) is 0 Å². The Balaban J connectivity index is 2.22. The Morgan fingerprint density at radius 2 is 1.76 bits per heavy atom. The summed E-state index contributed by atoms with van der Waals surface area (Å²) in [7, 11) is -3.38. The molecular weight excluding hydrogens is 330 g/mol. The van der Waals surface area contributed by atoms with Crippen molar-refractivity contribution in [3.05, 3.63) is 77.9 Å². The summed E-state index contributed by atoms with van der Waals surface area (Å²) >= 11 is 0. The number of benzene rings is 2. The second-order valence-electron chi connectivity index (χ2n) is 6.61. The molecule has 0 radical (unpaired) electrons. The predicted molar refractivity (Wildman–Crippen MR) is 102 cm³/mol. The maximum Gasteiger partial charge on any atom is 0.180 e. The first-order chi connectivity index (χ1) is 12.0. The van der Waals surface area contributed by atoms with Gasteiger partial charge in [0.15, 0.2) is 9.84 Å². The molecule has 0 aromatic heterocycles. The van der Waals surface area contributed by atoms with Crippen LogP contribution in [0.5, 0.6) is 0 Å². The van der Waals surface area contributed by atoms with Crippen molar-refractivity contribution in [2.75, 3.05) is 5.75 Å². The summed E-state index contributed by atoms with van der Waals surface area (Å²) in [6, 6.07) is 17.3. The van der Waals surface area contributed by atoms with Gasteiger partial charge in [0.05, 0.1) is 22.2 Å². The summed E-state index contributed by atoms with van der Waals surface area (Å²) in [6.07, 6.45) is 5.70. The van der Waals surface area contributed by atoms with Crippen LogP contribution in [0.4, 0.5) is 0 Å². The Hall–Kier alpha value is -1.91. The van der Waals surface area contributed by atoms with Crippen LogP contribution in [0.15, 0.2) is 71.6 Å². The number of allylic oxidation sites excluding steroid dienone is 1. The molecule has 132 valence electrons. The quantitative estimate of drug-likeness (QED) is 0.833. The average molecular weight is 356 g/mol. The highest BCUT2D eigenvalue weighted by molar-refractivity contribution is 7.91. The van der Waals surface area contributed by atoms with Crippen molar-refractivity contribution >= 4 is 9.84 Å². The van der Waals surface area contributed by atoms with E-state index in [2.05, 4.69) is 30.4 Å². The largest absolute Gasteiger partial charge is 0.296 e. The van der Waals surface area contributed by atoms with Crippen LogP contribution >= 0.6 is 0 Å². The van der Waals surface area contributed by atoms with E-state index < -0.39 is 15.4 Å². The molecule has 1 heterocycles. The van der Waals surface area contributed by atoms with E-state index in [4.69, 9.17) is 0 Å². The molecule has 3 rings (SSSR count). The number of hydrogen-bond donors (Lipinski definition) is 1. The zero-order chi connectivity index (χ0) is 17.9. The first-order valence-electron chi connectivity index (χ1n) is 8.83.